The minimum absolute atomic E-state index is 0.0506. The van der Waals surface area contributed by atoms with Crippen molar-refractivity contribution in [2.45, 2.75) is 286 Å². The molecule has 1 spiro atoms. The molecule has 11 N–H and O–H groups in total. The Balaban J connectivity index is 0.876. The van der Waals surface area contributed by atoms with Gasteiger partial charge < -0.3 is 122 Å². The smallest absolute Gasteiger partial charge is 0.314 e. The molecule has 3 saturated carbocycles. The van der Waals surface area contributed by atoms with Gasteiger partial charge >= 0.3 is 17.9 Å². The number of hydrogen-bond donors (Lipinski definition) is 11. The highest BCUT2D eigenvalue weighted by molar-refractivity contribution is 5.84. The van der Waals surface area contributed by atoms with Crippen LogP contribution in [0.15, 0.2) is 23.8 Å². The van der Waals surface area contributed by atoms with Crippen LogP contribution in [0, 0.1) is 39.4 Å². The van der Waals surface area contributed by atoms with E-state index in [1.54, 1.807) is 6.92 Å². The Labute approximate surface area is 529 Å². The molecule has 6 heterocycles. The van der Waals surface area contributed by atoms with Crippen molar-refractivity contribution in [3.8, 4) is 0 Å². The standard InChI is InChI=1S/C63H98O28/c1-25(2)13-16-38(84-29(6)66)62(11)52-33(83-28(5)65)21-61(10)31-14-15-36-59(7,8)37(18-19-60(36,9)30(31)17-20-63(52,61)58(77)91-62)87-57-51(41(70)35(24-80-57)86-54-44(73)42(71)39(68)26(3)81-54)90-55-45(74)43(72)48(27(4)82-55)88-53-46(75)49(32(67)23-79-53)89-56-47(76)50(78-12)40(69)34(22-64)85-56/h17,26-27,31-57,64,67-76H,1,13-16,18-24H2,2-12H3. The summed E-state index contributed by atoms with van der Waals surface area (Å²) in [5.74, 6) is -2.29. The maximum Gasteiger partial charge on any atom is 0.314 e. The van der Waals surface area contributed by atoms with E-state index in [1.807, 2.05) is 6.92 Å². The molecule has 10 aliphatic rings. The van der Waals surface area contributed by atoms with Crippen LogP contribution in [0.2, 0.25) is 0 Å². The summed E-state index contributed by atoms with van der Waals surface area (Å²) in [4.78, 5) is 40.8. The summed E-state index contributed by atoms with van der Waals surface area (Å²) in [5, 5.41) is 122. The number of carbonyl (C=O) groups excluding carboxylic acids is 3. The summed E-state index contributed by atoms with van der Waals surface area (Å²) < 4.78 is 84.9. The quantitative estimate of drug-likeness (QED) is 0.0346. The first-order chi connectivity index (χ1) is 42.7. The SMILES string of the molecule is C=C(C)CCC(OC(C)=O)C1(C)OC(=O)C23CC=C4C(CCC5C4(C)CCC(OC4OCC(OC6OC(C)C(O)C(O)C6O)C(O)C4OC4OC(C)C(OC6OCC(O)C(OC7OC(CO)C(O)C(OC)C7O)C6O)C(O)C4O)C5(C)C)C2(C)CC(OC(C)=O)C13. The van der Waals surface area contributed by atoms with E-state index in [2.05, 4.69) is 40.3 Å². The van der Waals surface area contributed by atoms with Crippen molar-refractivity contribution in [1.29, 1.82) is 0 Å². The van der Waals surface area contributed by atoms with E-state index in [0.29, 0.717) is 51.4 Å². The van der Waals surface area contributed by atoms with Crippen molar-refractivity contribution in [3.05, 3.63) is 23.8 Å². The highest BCUT2D eigenvalue weighted by Crippen LogP contribution is 2.76. The summed E-state index contributed by atoms with van der Waals surface area (Å²) in [6, 6.07) is 0. The summed E-state index contributed by atoms with van der Waals surface area (Å²) in [7, 11) is 1.21. The third kappa shape index (κ3) is 12.3. The molecule has 28 heteroatoms. The lowest BCUT2D eigenvalue weighted by molar-refractivity contribution is -0.389. The van der Waals surface area contributed by atoms with Gasteiger partial charge in [-0.15, -0.1) is 6.58 Å². The molecule has 0 bridgehead atoms. The molecular weight excluding hydrogens is 1200 g/mol. The van der Waals surface area contributed by atoms with E-state index in [9.17, 15) is 65.8 Å². The topological polar surface area (TPSA) is 403 Å². The fourth-order valence-electron chi connectivity index (χ4n) is 17.9. The van der Waals surface area contributed by atoms with Gasteiger partial charge in [-0.1, -0.05) is 44.9 Å². The molecule has 6 saturated heterocycles. The van der Waals surface area contributed by atoms with Crippen LogP contribution >= 0.6 is 0 Å². The van der Waals surface area contributed by atoms with E-state index in [0.717, 1.165) is 5.57 Å². The maximum absolute atomic E-state index is 15.0. The average Bonchev–Trinajstić information content (AvgIpc) is 1.51. The van der Waals surface area contributed by atoms with Gasteiger partial charge in [-0.25, -0.2) is 0 Å². The van der Waals surface area contributed by atoms with Crippen molar-refractivity contribution in [2.24, 2.45) is 39.4 Å². The van der Waals surface area contributed by atoms with Crippen molar-refractivity contribution < 1.29 is 137 Å². The predicted octanol–water partition coefficient (Wildman–Crippen LogP) is -0.814. The Hall–Kier alpha value is -2.99. The number of allylic oxidation sites excluding steroid dienone is 3. The number of esters is 3. The van der Waals surface area contributed by atoms with Crippen LogP contribution in [-0.2, 0) is 80.7 Å². The van der Waals surface area contributed by atoms with Gasteiger partial charge in [0, 0.05) is 21.0 Å². The maximum atomic E-state index is 15.0. The molecule has 91 heavy (non-hydrogen) atoms. The lowest BCUT2D eigenvalue weighted by Crippen LogP contribution is -2.66. The molecule has 33 atom stereocenters. The number of carbonyl (C=O) groups is 3. The fraction of sp³-hybridized carbons (Fsp3) is 0.889. The van der Waals surface area contributed by atoms with Crippen LogP contribution in [0.5, 0.6) is 0 Å². The van der Waals surface area contributed by atoms with Crippen molar-refractivity contribution in [3.63, 3.8) is 0 Å². The van der Waals surface area contributed by atoms with Crippen LogP contribution in [0.25, 0.3) is 0 Å². The molecule has 0 aromatic heterocycles. The van der Waals surface area contributed by atoms with Gasteiger partial charge in [0.15, 0.2) is 37.1 Å². The fourth-order valence-corrected chi connectivity index (χ4v) is 17.9. The molecular formula is C63H98O28. The number of ether oxygens (including phenoxy) is 14. The van der Waals surface area contributed by atoms with Crippen molar-refractivity contribution >= 4 is 17.9 Å². The number of fused-ring (bicyclic) bond motifs is 4. The Kier molecular flexibility index (Phi) is 20.8. The first kappa shape index (κ1) is 70.8. The molecule has 33 unspecified atom stereocenters. The van der Waals surface area contributed by atoms with E-state index in [4.69, 9.17) is 66.3 Å². The molecule has 28 nitrogen and oxygen atoms in total. The van der Waals surface area contributed by atoms with Gasteiger partial charge in [-0.3, -0.25) is 14.4 Å². The van der Waals surface area contributed by atoms with Gasteiger partial charge in [0.25, 0.3) is 0 Å². The highest BCUT2D eigenvalue weighted by atomic mass is 16.8. The van der Waals surface area contributed by atoms with Crippen molar-refractivity contribution in [1.82, 2.24) is 0 Å². The molecule has 0 aromatic rings. The Morgan fingerprint density at radius 3 is 1.95 bits per heavy atom. The second kappa shape index (κ2) is 26.8. The molecule has 9 fully saturated rings. The molecule has 0 aromatic carbocycles. The third-order valence-corrected chi connectivity index (χ3v) is 22.6. The monoisotopic (exact) mass is 1300 g/mol. The number of cyclic esters (lactones) is 1. The normalized spacial score (nSPS) is 50.7. The van der Waals surface area contributed by atoms with E-state index < -0.39 is 224 Å². The molecule has 518 valence electrons. The van der Waals surface area contributed by atoms with Gasteiger partial charge in [-0.2, -0.15) is 0 Å². The minimum atomic E-state index is -1.96. The summed E-state index contributed by atoms with van der Waals surface area (Å²) in [6.07, 6.45) is -31.9. The first-order valence-electron chi connectivity index (χ1n) is 32.0. The lowest BCUT2D eigenvalue weighted by Gasteiger charge is -2.63. The summed E-state index contributed by atoms with van der Waals surface area (Å²) in [6.45, 7) is 20.3. The Morgan fingerprint density at radius 2 is 1.29 bits per heavy atom. The molecule has 4 aliphatic carbocycles. The van der Waals surface area contributed by atoms with E-state index in [1.165, 1.54) is 40.4 Å². The Morgan fingerprint density at radius 1 is 0.659 bits per heavy atom. The number of aliphatic hydroxyl groups is 11. The number of aliphatic hydroxyl groups excluding tert-OH is 11. The molecule has 0 amide bonds. The summed E-state index contributed by atoms with van der Waals surface area (Å²) >= 11 is 0. The van der Waals surface area contributed by atoms with Gasteiger partial charge in [0.05, 0.1) is 49.5 Å². The second-order valence-electron chi connectivity index (χ2n) is 28.5. The number of rotatable bonds is 18. The first-order valence-corrected chi connectivity index (χ1v) is 32.0. The van der Waals surface area contributed by atoms with Crippen LogP contribution in [0.4, 0.5) is 0 Å². The molecule has 6 aliphatic heterocycles. The van der Waals surface area contributed by atoms with Crippen LogP contribution in [-0.4, -0.2) is 266 Å². The average molecular weight is 1300 g/mol. The second-order valence-corrected chi connectivity index (χ2v) is 28.5. The largest absolute Gasteiger partial charge is 0.462 e. The van der Waals surface area contributed by atoms with Gasteiger partial charge in [0.2, 0.25) is 0 Å². The van der Waals surface area contributed by atoms with Crippen LogP contribution in [0.3, 0.4) is 0 Å². The zero-order valence-corrected chi connectivity index (χ0v) is 53.7. The predicted molar refractivity (Wildman–Crippen MR) is 307 cm³/mol. The number of hydrogen-bond acceptors (Lipinski definition) is 28. The van der Waals surface area contributed by atoms with E-state index in [-0.39, 0.29) is 18.4 Å². The molecule has 10 rings (SSSR count). The Bertz CT molecular complexity index is 2650. The zero-order valence-electron chi connectivity index (χ0n) is 53.7. The highest BCUT2D eigenvalue weighted by Gasteiger charge is 2.81. The van der Waals surface area contributed by atoms with Crippen LogP contribution < -0.4 is 0 Å². The van der Waals surface area contributed by atoms with Gasteiger partial charge in [-0.05, 0) is 107 Å². The minimum Gasteiger partial charge on any atom is -0.462 e. The van der Waals surface area contributed by atoms with Gasteiger partial charge in [0.1, 0.15) is 110 Å². The van der Waals surface area contributed by atoms with Crippen LogP contribution in [0.1, 0.15) is 121 Å². The molecule has 0 radical (unpaired) electrons. The van der Waals surface area contributed by atoms with Crippen molar-refractivity contribution in [2.75, 3.05) is 26.9 Å². The van der Waals surface area contributed by atoms with E-state index >= 15 is 4.79 Å². The summed E-state index contributed by atoms with van der Waals surface area (Å²) in [5.41, 5.74) is -2.29. The number of methoxy groups -OCH3 is 1. The lowest BCUT2D eigenvalue weighted by atomic mass is 9.41. The third-order valence-electron chi connectivity index (χ3n) is 22.6. The zero-order chi connectivity index (χ0) is 66.5.